The van der Waals surface area contributed by atoms with Crippen molar-refractivity contribution in [2.45, 2.75) is 50.5 Å². The molecule has 2 aliphatic heterocycles. The number of amides is 1. The molecule has 2 aliphatic carbocycles. The smallest absolute Gasteiger partial charge is 0.275 e. The number of ether oxygens (including phenoxy) is 1. The molecule has 0 atom stereocenters. The van der Waals surface area contributed by atoms with Crippen molar-refractivity contribution in [3.63, 3.8) is 0 Å². The summed E-state index contributed by atoms with van der Waals surface area (Å²) in [6, 6.07) is 2.32. The minimum Gasteiger partial charge on any atom is -0.380 e. The lowest BCUT2D eigenvalue weighted by molar-refractivity contribution is -0.124. The van der Waals surface area contributed by atoms with Gasteiger partial charge < -0.3 is 24.1 Å². The Hall–Kier alpha value is -3.64. The number of pyridine rings is 1. The number of hydrogen-bond acceptors (Lipinski definition) is 9. The largest absolute Gasteiger partial charge is 0.380 e. The van der Waals surface area contributed by atoms with Crippen LogP contribution >= 0.6 is 11.3 Å². The molecule has 1 amide bonds. The lowest BCUT2D eigenvalue weighted by Crippen LogP contribution is -2.51. The second-order valence-corrected chi connectivity index (χ2v) is 12.2. The Bertz CT molecular complexity index is 1540. The number of rotatable bonds is 7. The molecule has 12 heteroatoms. The van der Waals surface area contributed by atoms with Crippen LogP contribution in [0.15, 0.2) is 36.5 Å². The molecule has 0 aromatic carbocycles. The Morgan fingerprint density at radius 2 is 1.92 bits per heavy atom. The summed E-state index contributed by atoms with van der Waals surface area (Å²) >= 11 is 1.45. The van der Waals surface area contributed by atoms with E-state index >= 15 is 0 Å². The van der Waals surface area contributed by atoms with E-state index < -0.39 is 0 Å². The van der Waals surface area contributed by atoms with Gasteiger partial charge in [0.1, 0.15) is 17.8 Å². The number of nitrogens with zero attached hydrogens (tertiary/aromatic N) is 8. The Morgan fingerprint density at radius 3 is 2.67 bits per heavy atom. The summed E-state index contributed by atoms with van der Waals surface area (Å²) in [6.07, 6.45) is 14.4. The van der Waals surface area contributed by atoms with Gasteiger partial charge in [0, 0.05) is 42.0 Å². The second kappa shape index (κ2) is 8.95. The number of hydrogen-bond donors (Lipinski definition) is 1. The average Bonchev–Trinajstić information content (AvgIpc) is 3.82. The number of imidazole rings is 1. The Labute approximate surface area is 229 Å². The molecule has 6 heterocycles. The number of thiazole rings is 1. The molecule has 11 nitrogen and oxygen atoms in total. The molecule has 0 bridgehead atoms. The lowest BCUT2D eigenvalue weighted by atomic mass is 9.77. The maximum atomic E-state index is 13.3. The second-order valence-electron chi connectivity index (χ2n) is 11.3. The summed E-state index contributed by atoms with van der Waals surface area (Å²) in [6.45, 7) is 3.63. The van der Waals surface area contributed by atoms with Gasteiger partial charge >= 0.3 is 0 Å². The first-order chi connectivity index (χ1) is 19.1. The van der Waals surface area contributed by atoms with E-state index in [2.05, 4.69) is 46.1 Å². The molecule has 4 aliphatic rings. The monoisotopic (exact) mass is 543 g/mol. The van der Waals surface area contributed by atoms with Gasteiger partial charge in [-0.05, 0) is 44.6 Å². The molecule has 0 unspecified atom stereocenters. The third-order valence-corrected chi connectivity index (χ3v) is 9.24. The highest BCUT2D eigenvalue weighted by Crippen LogP contribution is 2.42. The van der Waals surface area contributed by atoms with Crippen molar-refractivity contribution in [2.75, 3.05) is 36.5 Å². The predicted molar refractivity (Wildman–Crippen MR) is 145 cm³/mol. The van der Waals surface area contributed by atoms with Gasteiger partial charge in [-0.25, -0.2) is 15.0 Å². The normalized spacial score (nSPS) is 20.3. The third-order valence-electron chi connectivity index (χ3n) is 8.40. The van der Waals surface area contributed by atoms with Gasteiger partial charge in [0.2, 0.25) is 0 Å². The van der Waals surface area contributed by atoms with E-state index in [-0.39, 0.29) is 5.91 Å². The number of carbonyl (C=O) groups excluding carboxylic acids is 1. The zero-order valence-corrected chi connectivity index (χ0v) is 22.3. The van der Waals surface area contributed by atoms with Crippen LogP contribution in [0.1, 0.15) is 66.7 Å². The molecule has 1 N–H and O–H groups in total. The first kappa shape index (κ1) is 23.3. The van der Waals surface area contributed by atoms with Gasteiger partial charge in [-0.2, -0.15) is 0 Å². The van der Waals surface area contributed by atoms with Gasteiger partial charge in [0.15, 0.2) is 10.8 Å². The van der Waals surface area contributed by atoms with Gasteiger partial charge in [-0.1, -0.05) is 0 Å². The molecule has 4 aromatic rings. The molecule has 39 heavy (non-hydrogen) atoms. The first-order valence-electron chi connectivity index (χ1n) is 13.7. The standard InChI is InChI=1S/C27H29N9O2S/c37-25(31-23-12-39-26(32-23)24-33-30-16-36(24)18-3-4-18)19-9-21(35-11-20(29-15-35)17-1-2-17)22(10-28-19)34-7-5-27(6-8-34)13-38-14-27/h9-12,15-18H,1-8,13-14H2,(H,31,37). The minimum atomic E-state index is -0.296. The van der Waals surface area contributed by atoms with Crippen LogP contribution in [0.3, 0.4) is 0 Å². The maximum Gasteiger partial charge on any atom is 0.275 e. The molecule has 4 aromatic heterocycles. The van der Waals surface area contributed by atoms with Crippen molar-refractivity contribution >= 4 is 28.7 Å². The summed E-state index contributed by atoms with van der Waals surface area (Å²) in [4.78, 5) is 29.6. The van der Waals surface area contributed by atoms with Crippen LogP contribution in [0.25, 0.3) is 16.5 Å². The fourth-order valence-electron chi connectivity index (χ4n) is 5.60. The van der Waals surface area contributed by atoms with Crippen molar-refractivity contribution in [3.8, 4) is 16.5 Å². The van der Waals surface area contributed by atoms with E-state index in [9.17, 15) is 4.79 Å². The van der Waals surface area contributed by atoms with E-state index in [0.29, 0.717) is 28.9 Å². The molecule has 200 valence electrons. The fraction of sp³-hybridized carbons (Fsp3) is 0.481. The zero-order chi connectivity index (χ0) is 26.0. The third kappa shape index (κ3) is 4.31. The highest BCUT2D eigenvalue weighted by molar-refractivity contribution is 7.13. The summed E-state index contributed by atoms with van der Waals surface area (Å²) in [5, 5.41) is 13.8. The van der Waals surface area contributed by atoms with Crippen molar-refractivity contribution in [1.82, 2.24) is 34.3 Å². The highest BCUT2D eigenvalue weighted by Gasteiger charge is 2.41. The zero-order valence-electron chi connectivity index (χ0n) is 21.5. The van der Waals surface area contributed by atoms with Crippen molar-refractivity contribution in [3.05, 3.63) is 47.9 Å². The molecule has 2 saturated carbocycles. The van der Waals surface area contributed by atoms with E-state index in [0.717, 1.165) is 79.9 Å². The van der Waals surface area contributed by atoms with Crippen LogP contribution in [0.4, 0.5) is 11.5 Å². The molecule has 8 rings (SSSR count). The Balaban J connectivity index is 1.06. The molecule has 2 saturated heterocycles. The predicted octanol–water partition coefficient (Wildman–Crippen LogP) is 4.06. The van der Waals surface area contributed by atoms with Crippen molar-refractivity contribution in [1.29, 1.82) is 0 Å². The SMILES string of the molecule is O=C(Nc1csc(-c2nncn2C2CC2)n1)c1cc(-n2cnc(C3CC3)c2)c(N2CCC3(CC2)COC3)cn1. The Kier molecular flexibility index (Phi) is 5.34. The van der Waals surface area contributed by atoms with E-state index in [1.54, 1.807) is 6.33 Å². The average molecular weight is 544 g/mol. The van der Waals surface area contributed by atoms with Crippen molar-refractivity contribution < 1.29 is 9.53 Å². The fourth-order valence-corrected chi connectivity index (χ4v) is 6.34. The van der Waals surface area contributed by atoms with Gasteiger partial charge in [0.25, 0.3) is 5.91 Å². The van der Waals surface area contributed by atoms with Crippen LogP contribution in [0, 0.1) is 5.41 Å². The number of carbonyl (C=O) groups is 1. The van der Waals surface area contributed by atoms with Crippen LogP contribution in [0.2, 0.25) is 0 Å². The number of anilines is 2. The van der Waals surface area contributed by atoms with Crippen LogP contribution in [0.5, 0.6) is 0 Å². The number of aromatic nitrogens is 7. The van der Waals surface area contributed by atoms with Crippen molar-refractivity contribution in [2.24, 2.45) is 5.41 Å². The summed E-state index contributed by atoms with van der Waals surface area (Å²) in [7, 11) is 0. The molecule has 0 radical (unpaired) electrons. The van der Waals surface area contributed by atoms with Gasteiger partial charge in [-0.3, -0.25) is 4.79 Å². The summed E-state index contributed by atoms with van der Waals surface area (Å²) in [5.74, 6) is 1.49. The number of nitrogens with one attached hydrogen (secondary N) is 1. The molecular weight excluding hydrogens is 514 g/mol. The van der Waals surface area contributed by atoms with E-state index in [4.69, 9.17) is 4.74 Å². The Morgan fingerprint density at radius 1 is 1.08 bits per heavy atom. The summed E-state index contributed by atoms with van der Waals surface area (Å²) in [5.41, 5.74) is 3.74. The van der Waals surface area contributed by atoms with Crippen LogP contribution < -0.4 is 10.2 Å². The topological polar surface area (TPSA) is 116 Å². The highest BCUT2D eigenvalue weighted by atomic mass is 32.1. The van der Waals surface area contributed by atoms with E-state index in [1.807, 2.05) is 28.5 Å². The van der Waals surface area contributed by atoms with Crippen LogP contribution in [-0.2, 0) is 4.74 Å². The lowest BCUT2D eigenvalue weighted by Gasteiger charge is -2.48. The van der Waals surface area contributed by atoms with Gasteiger partial charge in [0.05, 0.1) is 42.8 Å². The maximum absolute atomic E-state index is 13.3. The van der Waals surface area contributed by atoms with Gasteiger partial charge in [-0.15, -0.1) is 21.5 Å². The molecular formula is C27H29N9O2S. The molecule has 1 spiro atoms. The molecule has 4 fully saturated rings. The van der Waals surface area contributed by atoms with Crippen LogP contribution in [-0.4, -0.2) is 66.5 Å². The minimum absolute atomic E-state index is 0.296. The quantitative estimate of drug-likeness (QED) is 0.371. The van der Waals surface area contributed by atoms with E-state index in [1.165, 1.54) is 24.2 Å². The number of piperidine rings is 1. The first-order valence-corrected chi connectivity index (χ1v) is 14.6. The summed E-state index contributed by atoms with van der Waals surface area (Å²) < 4.78 is 9.63.